The van der Waals surface area contributed by atoms with Gasteiger partial charge in [0, 0.05) is 23.5 Å². The molecule has 0 N–H and O–H groups in total. The number of methoxy groups -OCH3 is 1. The van der Waals surface area contributed by atoms with Crippen LogP contribution in [-0.2, 0) is 6.61 Å². The first-order valence-corrected chi connectivity index (χ1v) is 9.12. The van der Waals surface area contributed by atoms with Crippen LogP contribution < -0.4 is 9.47 Å². The fraction of sp³-hybridized carbons (Fsp3) is 0.444. The summed E-state index contributed by atoms with van der Waals surface area (Å²) in [5, 5.41) is 1.95. The number of aromatic nitrogens is 1. The number of thiazole rings is 1. The molecule has 2 aromatic rings. The lowest BCUT2D eigenvalue weighted by atomic mass is 10.0. The molecule has 0 radical (unpaired) electrons. The Balaban J connectivity index is 1.74. The summed E-state index contributed by atoms with van der Waals surface area (Å²) in [6, 6.07) is 5.66. The molecule has 1 unspecified atom stereocenters. The van der Waals surface area contributed by atoms with Crippen molar-refractivity contribution >= 4 is 17.2 Å². The normalized spacial score (nSPS) is 17.6. The van der Waals surface area contributed by atoms with E-state index in [1.165, 1.54) is 17.8 Å². The number of amides is 1. The summed E-state index contributed by atoms with van der Waals surface area (Å²) < 4.78 is 11.2. The minimum atomic E-state index is 0.0616. The van der Waals surface area contributed by atoms with Gasteiger partial charge in [0.25, 0.3) is 5.91 Å². The third kappa shape index (κ3) is 3.70. The van der Waals surface area contributed by atoms with Crippen LogP contribution >= 0.6 is 11.3 Å². The molecule has 0 aliphatic carbocycles. The van der Waals surface area contributed by atoms with Crippen molar-refractivity contribution in [2.24, 2.45) is 0 Å². The van der Waals surface area contributed by atoms with E-state index in [1.54, 1.807) is 24.8 Å². The Morgan fingerprint density at radius 3 is 2.96 bits per heavy atom. The summed E-state index contributed by atoms with van der Waals surface area (Å²) in [5.74, 6) is 1.25. The number of rotatable bonds is 5. The average Bonchev–Trinajstić information content (AvgIpc) is 3.13. The number of hydrogen-bond acceptors (Lipinski definition) is 5. The van der Waals surface area contributed by atoms with Gasteiger partial charge in [-0.2, -0.15) is 0 Å². The van der Waals surface area contributed by atoms with Crippen molar-refractivity contribution in [1.82, 2.24) is 9.88 Å². The van der Waals surface area contributed by atoms with Crippen molar-refractivity contribution in [2.75, 3.05) is 13.7 Å². The summed E-state index contributed by atoms with van der Waals surface area (Å²) in [6.45, 7) is 3.32. The van der Waals surface area contributed by atoms with Crippen LogP contribution in [0.2, 0.25) is 0 Å². The van der Waals surface area contributed by atoms with Crippen LogP contribution in [0.4, 0.5) is 0 Å². The summed E-state index contributed by atoms with van der Waals surface area (Å²) in [6.07, 6.45) is 3.33. The number of benzene rings is 1. The lowest BCUT2D eigenvalue weighted by Gasteiger charge is -2.33. The van der Waals surface area contributed by atoms with Gasteiger partial charge < -0.3 is 14.4 Å². The maximum atomic E-state index is 12.8. The number of ether oxygens (including phenoxy) is 2. The second-order valence-corrected chi connectivity index (χ2v) is 6.70. The molecular weight excluding hydrogens is 324 g/mol. The predicted octanol–water partition coefficient (Wildman–Crippen LogP) is 3.75. The Morgan fingerprint density at radius 2 is 2.25 bits per heavy atom. The molecule has 1 aliphatic rings. The molecule has 3 rings (SSSR count). The Hall–Kier alpha value is -2.08. The van der Waals surface area contributed by atoms with Crippen LogP contribution in [0, 0.1) is 0 Å². The zero-order valence-corrected chi connectivity index (χ0v) is 14.8. The van der Waals surface area contributed by atoms with E-state index in [0.29, 0.717) is 23.7 Å². The van der Waals surface area contributed by atoms with Gasteiger partial charge in [-0.15, -0.1) is 11.3 Å². The van der Waals surface area contributed by atoms with Crippen LogP contribution in [0.15, 0.2) is 29.1 Å². The van der Waals surface area contributed by atoms with Gasteiger partial charge in [0.05, 0.1) is 18.3 Å². The van der Waals surface area contributed by atoms with Crippen molar-refractivity contribution in [1.29, 1.82) is 0 Å². The second kappa shape index (κ2) is 7.66. The predicted molar refractivity (Wildman–Crippen MR) is 93.8 cm³/mol. The Labute approximate surface area is 146 Å². The number of likely N-dealkylation sites (tertiary alicyclic amines) is 1. The highest BCUT2D eigenvalue weighted by Gasteiger charge is 2.25. The lowest BCUT2D eigenvalue weighted by Crippen LogP contribution is -2.42. The zero-order chi connectivity index (χ0) is 16.9. The Morgan fingerprint density at radius 1 is 1.38 bits per heavy atom. The molecule has 1 fully saturated rings. The monoisotopic (exact) mass is 346 g/mol. The van der Waals surface area contributed by atoms with E-state index < -0.39 is 0 Å². The molecule has 5 nitrogen and oxygen atoms in total. The first-order chi connectivity index (χ1) is 11.7. The molecule has 1 aliphatic heterocycles. The molecule has 1 saturated heterocycles. The maximum absolute atomic E-state index is 12.8. The number of hydrogen-bond donors (Lipinski definition) is 0. The van der Waals surface area contributed by atoms with E-state index in [9.17, 15) is 4.79 Å². The van der Waals surface area contributed by atoms with E-state index >= 15 is 0 Å². The zero-order valence-electron chi connectivity index (χ0n) is 14.0. The fourth-order valence-electron chi connectivity index (χ4n) is 2.95. The smallest absolute Gasteiger partial charge is 0.254 e. The molecule has 24 heavy (non-hydrogen) atoms. The van der Waals surface area contributed by atoms with Gasteiger partial charge in [-0.1, -0.05) is 0 Å². The molecule has 0 spiro atoms. The average molecular weight is 346 g/mol. The molecule has 128 valence electrons. The number of piperidine rings is 1. The van der Waals surface area contributed by atoms with Crippen LogP contribution in [0.5, 0.6) is 11.5 Å². The minimum absolute atomic E-state index is 0.0616. The van der Waals surface area contributed by atoms with E-state index in [1.807, 2.05) is 16.3 Å². The summed E-state index contributed by atoms with van der Waals surface area (Å²) in [7, 11) is 1.59. The number of nitrogens with zero attached hydrogens (tertiary/aromatic N) is 2. The van der Waals surface area contributed by atoms with Gasteiger partial charge in [0.2, 0.25) is 0 Å². The van der Waals surface area contributed by atoms with E-state index in [-0.39, 0.29) is 11.9 Å². The van der Waals surface area contributed by atoms with Crippen molar-refractivity contribution in [2.45, 2.75) is 38.8 Å². The molecule has 2 heterocycles. The largest absolute Gasteiger partial charge is 0.493 e. The number of carbonyl (C=O) groups is 1. The lowest BCUT2D eigenvalue weighted by molar-refractivity contribution is 0.0635. The Kier molecular flexibility index (Phi) is 5.35. The van der Waals surface area contributed by atoms with Crippen LogP contribution in [0.1, 0.15) is 42.2 Å². The first kappa shape index (κ1) is 16.8. The second-order valence-electron chi connectivity index (χ2n) is 5.98. The topological polar surface area (TPSA) is 51.7 Å². The summed E-state index contributed by atoms with van der Waals surface area (Å²) in [5.41, 5.74) is 3.29. The first-order valence-electron chi connectivity index (χ1n) is 8.18. The molecular formula is C18H22N2O3S. The van der Waals surface area contributed by atoms with Crippen LogP contribution in [0.3, 0.4) is 0 Å². The Bertz CT molecular complexity index is 688. The van der Waals surface area contributed by atoms with E-state index in [2.05, 4.69) is 11.9 Å². The molecule has 1 atom stereocenters. The van der Waals surface area contributed by atoms with Crippen molar-refractivity contribution < 1.29 is 14.3 Å². The summed E-state index contributed by atoms with van der Waals surface area (Å²) in [4.78, 5) is 18.9. The van der Waals surface area contributed by atoms with Crippen LogP contribution in [-0.4, -0.2) is 35.5 Å². The number of carbonyl (C=O) groups excluding carboxylic acids is 1. The maximum Gasteiger partial charge on any atom is 0.254 e. The third-order valence-corrected chi connectivity index (χ3v) is 4.97. The quantitative estimate of drug-likeness (QED) is 0.827. The molecule has 1 aromatic carbocycles. The highest BCUT2D eigenvalue weighted by atomic mass is 32.1. The van der Waals surface area contributed by atoms with E-state index in [4.69, 9.17) is 9.47 Å². The van der Waals surface area contributed by atoms with Gasteiger partial charge in [-0.25, -0.2) is 4.98 Å². The fourth-order valence-corrected chi connectivity index (χ4v) is 3.49. The van der Waals surface area contributed by atoms with Gasteiger partial charge in [-0.05, 0) is 44.4 Å². The van der Waals surface area contributed by atoms with Crippen molar-refractivity contribution in [3.05, 3.63) is 40.3 Å². The molecule has 6 heteroatoms. The summed E-state index contributed by atoms with van der Waals surface area (Å²) >= 11 is 1.53. The van der Waals surface area contributed by atoms with Gasteiger partial charge in [0.1, 0.15) is 6.61 Å². The molecule has 1 aromatic heterocycles. The third-order valence-electron chi connectivity index (χ3n) is 4.33. The van der Waals surface area contributed by atoms with Gasteiger partial charge in [-0.3, -0.25) is 4.79 Å². The van der Waals surface area contributed by atoms with Crippen LogP contribution in [0.25, 0.3) is 0 Å². The SMILES string of the molecule is COc1cc(C(=O)N2CCCCC2C)ccc1OCc1cscn1. The molecule has 0 saturated carbocycles. The van der Waals surface area contributed by atoms with Crippen molar-refractivity contribution in [3.63, 3.8) is 0 Å². The highest BCUT2D eigenvalue weighted by molar-refractivity contribution is 7.07. The molecule has 0 bridgehead atoms. The van der Waals surface area contributed by atoms with E-state index in [0.717, 1.165) is 25.1 Å². The minimum Gasteiger partial charge on any atom is -0.493 e. The van der Waals surface area contributed by atoms with Gasteiger partial charge >= 0.3 is 0 Å². The molecule has 1 amide bonds. The van der Waals surface area contributed by atoms with Crippen molar-refractivity contribution in [3.8, 4) is 11.5 Å². The van der Waals surface area contributed by atoms with Gasteiger partial charge in [0.15, 0.2) is 11.5 Å². The highest BCUT2D eigenvalue weighted by Crippen LogP contribution is 2.30. The standard InChI is InChI=1S/C18H22N2O3S/c1-13-5-3-4-8-20(13)18(21)14-6-7-16(17(9-14)22-2)23-10-15-11-24-12-19-15/h6-7,9,11-13H,3-5,8,10H2,1-2H3.